The number of methoxy groups -OCH3 is 1. The molecular formula is C16H25N3O. The molecule has 1 heterocycles. The van der Waals surface area contributed by atoms with E-state index in [1.807, 2.05) is 0 Å². The Kier molecular flexibility index (Phi) is 4.03. The molecule has 0 radical (unpaired) electrons. The Balaban J connectivity index is 1.82. The molecule has 0 aromatic carbocycles. The van der Waals surface area contributed by atoms with Crippen LogP contribution in [0, 0.1) is 6.92 Å². The van der Waals surface area contributed by atoms with Gasteiger partial charge in [-0.1, -0.05) is 19.3 Å². The van der Waals surface area contributed by atoms with E-state index in [2.05, 4.69) is 23.3 Å². The summed E-state index contributed by atoms with van der Waals surface area (Å²) in [5.74, 6) is 0.896. The maximum atomic E-state index is 5.87. The van der Waals surface area contributed by atoms with Gasteiger partial charge in [-0.2, -0.15) is 0 Å². The number of nitrogens with one attached hydrogen (secondary N) is 1. The Morgan fingerprint density at radius 1 is 1.25 bits per heavy atom. The number of hydrogen-bond donors (Lipinski definition) is 1. The molecule has 110 valence electrons. The van der Waals surface area contributed by atoms with Crippen molar-refractivity contribution in [3.8, 4) is 0 Å². The molecule has 2 fully saturated rings. The summed E-state index contributed by atoms with van der Waals surface area (Å²) in [4.78, 5) is 9.48. The summed E-state index contributed by atoms with van der Waals surface area (Å²) in [5.41, 5.74) is 1.89. The summed E-state index contributed by atoms with van der Waals surface area (Å²) in [6.45, 7) is 2.90. The van der Waals surface area contributed by atoms with Crippen molar-refractivity contribution in [2.24, 2.45) is 0 Å². The van der Waals surface area contributed by atoms with Gasteiger partial charge in [0.1, 0.15) is 5.60 Å². The molecule has 1 N–H and O–H groups in total. The molecule has 0 bridgehead atoms. The van der Waals surface area contributed by atoms with Crippen molar-refractivity contribution in [3.05, 3.63) is 23.3 Å². The van der Waals surface area contributed by atoms with Gasteiger partial charge in [-0.25, -0.2) is 9.97 Å². The van der Waals surface area contributed by atoms with Crippen LogP contribution in [-0.2, 0) is 16.9 Å². The predicted molar refractivity (Wildman–Crippen MR) is 78.4 cm³/mol. The molecule has 0 aliphatic heterocycles. The quantitative estimate of drug-likeness (QED) is 0.897. The van der Waals surface area contributed by atoms with E-state index in [1.54, 1.807) is 7.11 Å². The predicted octanol–water partition coefficient (Wildman–Crippen LogP) is 2.84. The number of rotatable bonds is 5. The molecule has 0 amide bonds. The van der Waals surface area contributed by atoms with Crippen LogP contribution in [0.15, 0.2) is 6.07 Å². The average Bonchev–Trinajstić information content (AvgIpc) is 3.29. The summed E-state index contributed by atoms with van der Waals surface area (Å²) in [7, 11) is 1.80. The number of hydrogen-bond acceptors (Lipinski definition) is 4. The van der Waals surface area contributed by atoms with Gasteiger partial charge in [0, 0.05) is 25.4 Å². The van der Waals surface area contributed by atoms with E-state index in [-0.39, 0.29) is 5.60 Å². The number of nitrogens with zero attached hydrogens (tertiary/aromatic N) is 2. The molecule has 4 nitrogen and oxygen atoms in total. The summed E-state index contributed by atoms with van der Waals surface area (Å²) >= 11 is 0. The van der Waals surface area contributed by atoms with Gasteiger partial charge in [0.25, 0.3) is 0 Å². The normalized spacial score (nSPS) is 21.9. The lowest BCUT2D eigenvalue weighted by molar-refractivity contribution is -0.0517. The molecule has 1 aromatic heterocycles. The maximum absolute atomic E-state index is 5.87. The van der Waals surface area contributed by atoms with Crippen LogP contribution in [0.25, 0.3) is 0 Å². The molecule has 0 saturated heterocycles. The van der Waals surface area contributed by atoms with E-state index in [4.69, 9.17) is 9.72 Å². The second-order valence-electron chi connectivity index (χ2n) is 6.24. The molecule has 2 aliphatic rings. The number of ether oxygens (including phenoxy) is 1. The highest BCUT2D eigenvalue weighted by Gasteiger charge is 2.37. The lowest BCUT2D eigenvalue weighted by Crippen LogP contribution is -2.34. The second-order valence-corrected chi connectivity index (χ2v) is 6.24. The van der Waals surface area contributed by atoms with Gasteiger partial charge >= 0.3 is 0 Å². The molecule has 1 aromatic rings. The summed E-state index contributed by atoms with van der Waals surface area (Å²) in [5, 5.41) is 3.53. The molecule has 0 unspecified atom stereocenters. The average molecular weight is 275 g/mol. The zero-order valence-electron chi connectivity index (χ0n) is 12.6. The van der Waals surface area contributed by atoms with Crippen molar-refractivity contribution in [1.29, 1.82) is 0 Å². The van der Waals surface area contributed by atoms with Crippen molar-refractivity contribution in [2.75, 3.05) is 7.11 Å². The van der Waals surface area contributed by atoms with Crippen LogP contribution in [0.3, 0.4) is 0 Å². The van der Waals surface area contributed by atoms with Gasteiger partial charge in [-0.3, -0.25) is 0 Å². The standard InChI is InChI=1S/C16H25N3O/c1-12-10-14(11-17-13-6-7-13)19-15(18-12)16(20-2)8-4-3-5-9-16/h10,13,17H,3-9,11H2,1-2H3. The Morgan fingerprint density at radius 2 is 2.00 bits per heavy atom. The van der Waals surface area contributed by atoms with Crippen molar-refractivity contribution < 1.29 is 4.74 Å². The fraction of sp³-hybridized carbons (Fsp3) is 0.750. The minimum Gasteiger partial charge on any atom is -0.370 e. The SMILES string of the molecule is COC1(c2nc(C)cc(CNC3CC3)n2)CCCCC1. The highest BCUT2D eigenvalue weighted by atomic mass is 16.5. The van der Waals surface area contributed by atoms with E-state index in [1.165, 1.54) is 32.1 Å². The van der Waals surface area contributed by atoms with Crippen LogP contribution in [0.4, 0.5) is 0 Å². The van der Waals surface area contributed by atoms with Gasteiger partial charge in [0.2, 0.25) is 0 Å². The molecular weight excluding hydrogens is 250 g/mol. The maximum Gasteiger partial charge on any atom is 0.160 e. The fourth-order valence-electron chi connectivity index (χ4n) is 3.11. The first kappa shape index (κ1) is 14.0. The first-order valence-corrected chi connectivity index (χ1v) is 7.85. The zero-order chi connectivity index (χ0) is 14.0. The summed E-state index contributed by atoms with van der Waals surface area (Å²) in [6, 6.07) is 2.80. The van der Waals surface area contributed by atoms with Gasteiger partial charge in [0.15, 0.2) is 5.82 Å². The van der Waals surface area contributed by atoms with Crippen molar-refractivity contribution >= 4 is 0 Å². The molecule has 0 spiro atoms. The highest BCUT2D eigenvalue weighted by Crippen LogP contribution is 2.38. The Bertz CT molecular complexity index is 465. The van der Waals surface area contributed by atoms with Crippen LogP contribution < -0.4 is 5.32 Å². The number of aromatic nitrogens is 2. The molecule has 0 atom stereocenters. The Morgan fingerprint density at radius 3 is 2.65 bits per heavy atom. The summed E-state index contributed by atoms with van der Waals surface area (Å²) < 4.78 is 5.87. The van der Waals surface area contributed by atoms with E-state index >= 15 is 0 Å². The largest absolute Gasteiger partial charge is 0.370 e. The van der Waals surface area contributed by atoms with E-state index < -0.39 is 0 Å². The Hall–Kier alpha value is -1.00. The van der Waals surface area contributed by atoms with Gasteiger partial charge in [-0.05, 0) is 38.7 Å². The molecule has 20 heavy (non-hydrogen) atoms. The van der Waals surface area contributed by atoms with Gasteiger partial charge < -0.3 is 10.1 Å². The van der Waals surface area contributed by atoms with Crippen LogP contribution in [-0.4, -0.2) is 23.1 Å². The molecule has 3 rings (SSSR count). The molecule has 2 saturated carbocycles. The molecule has 2 aliphatic carbocycles. The van der Waals surface area contributed by atoms with E-state index in [0.717, 1.165) is 36.6 Å². The van der Waals surface area contributed by atoms with Crippen molar-refractivity contribution in [1.82, 2.24) is 15.3 Å². The third-order valence-corrected chi connectivity index (χ3v) is 4.52. The lowest BCUT2D eigenvalue weighted by Gasteiger charge is -2.34. The van der Waals surface area contributed by atoms with E-state index in [0.29, 0.717) is 6.04 Å². The highest BCUT2D eigenvalue weighted by molar-refractivity contribution is 5.15. The first-order chi connectivity index (χ1) is 9.72. The topological polar surface area (TPSA) is 47.0 Å². The smallest absolute Gasteiger partial charge is 0.160 e. The fourth-order valence-corrected chi connectivity index (χ4v) is 3.11. The third kappa shape index (κ3) is 3.01. The van der Waals surface area contributed by atoms with Crippen LogP contribution in [0.5, 0.6) is 0 Å². The third-order valence-electron chi connectivity index (χ3n) is 4.52. The minimum absolute atomic E-state index is 0.251. The first-order valence-electron chi connectivity index (χ1n) is 7.85. The second kappa shape index (κ2) is 5.78. The zero-order valence-corrected chi connectivity index (χ0v) is 12.6. The van der Waals surface area contributed by atoms with E-state index in [9.17, 15) is 0 Å². The van der Waals surface area contributed by atoms with Gasteiger partial charge in [-0.15, -0.1) is 0 Å². The van der Waals surface area contributed by atoms with Crippen molar-refractivity contribution in [3.63, 3.8) is 0 Å². The Labute approximate surface area is 121 Å². The van der Waals surface area contributed by atoms with Crippen LogP contribution >= 0.6 is 0 Å². The minimum atomic E-state index is -0.251. The lowest BCUT2D eigenvalue weighted by atomic mass is 9.84. The van der Waals surface area contributed by atoms with Gasteiger partial charge in [0.05, 0.1) is 5.69 Å². The number of aryl methyl sites for hydroxylation is 1. The monoisotopic (exact) mass is 275 g/mol. The van der Waals surface area contributed by atoms with Crippen LogP contribution in [0.2, 0.25) is 0 Å². The summed E-state index contributed by atoms with van der Waals surface area (Å²) in [6.07, 6.45) is 8.41. The molecule has 4 heteroatoms. The van der Waals surface area contributed by atoms with Crippen LogP contribution in [0.1, 0.15) is 62.2 Å². The van der Waals surface area contributed by atoms with Crippen molar-refractivity contribution in [2.45, 2.75) is 70.1 Å².